The molecular weight excluding hydrogens is 278 g/mol. The van der Waals surface area contributed by atoms with Crippen LogP contribution in [0.4, 0.5) is 0 Å². The molecule has 4 rings (SSSR count). The number of fused-ring (bicyclic) bond motifs is 1. The number of nitrogens with one attached hydrogen (secondary N) is 2. The van der Waals surface area contributed by atoms with Gasteiger partial charge in [0.15, 0.2) is 0 Å². The smallest absolute Gasteiger partial charge is 0.110 e. The summed E-state index contributed by atoms with van der Waals surface area (Å²) in [5.41, 5.74) is 3.70. The van der Waals surface area contributed by atoms with Gasteiger partial charge >= 0.3 is 0 Å². The Balaban J connectivity index is 1.55. The highest BCUT2D eigenvalue weighted by Gasteiger charge is 2.33. The zero-order chi connectivity index (χ0) is 14.2. The molecule has 0 saturated heterocycles. The van der Waals surface area contributed by atoms with Gasteiger partial charge in [-0.05, 0) is 43.4 Å². The number of thiazole rings is 1. The van der Waals surface area contributed by atoms with Crippen LogP contribution in [-0.4, -0.2) is 9.97 Å². The highest BCUT2D eigenvalue weighted by Crippen LogP contribution is 2.42. The van der Waals surface area contributed by atoms with Crippen LogP contribution in [0, 0.1) is 12.8 Å². The van der Waals surface area contributed by atoms with E-state index in [0.29, 0.717) is 6.04 Å². The van der Waals surface area contributed by atoms with Gasteiger partial charge in [0.05, 0.1) is 6.04 Å². The zero-order valence-electron chi connectivity index (χ0n) is 12.1. The second-order valence-corrected chi connectivity index (χ2v) is 6.77. The van der Waals surface area contributed by atoms with Crippen molar-refractivity contribution in [3.8, 4) is 0 Å². The average Bonchev–Trinajstić information content (AvgIpc) is 3.04. The zero-order valence-corrected chi connectivity index (χ0v) is 12.9. The summed E-state index contributed by atoms with van der Waals surface area (Å²) in [5.74, 6) is 0.765. The number of benzene rings is 1. The maximum Gasteiger partial charge on any atom is 0.110 e. The predicted octanol–water partition coefficient (Wildman–Crippen LogP) is 4.17. The Kier molecular flexibility index (Phi) is 3.28. The summed E-state index contributed by atoms with van der Waals surface area (Å²) >= 11 is 1.79. The molecule has 0 spiro atoms. The molecule has 1 fully saturated rings. The fraction of sp³-hybridized carbons (Fsp3) is 0.353. The second-order valence-electron chi connectivity index (χ2n) is 5.88. The minimum atomic E-state index is 0.415. The SMILES string of the molecule is Cc1csc(C(NCc2cccc3[nH]ccc23)C2CC2)n1. The molecule has 0 aliphatic heterocycles. The largest absolute Gasteiger partial charge is 0.361 e. The van der Waals surface area contributed by atoms with Gasteiger partial charge < -0.3 is 10.3 Å². The minimum absolute atomic E-state index is 0.415. The number of nitrogens with zero attached hydrogens (tertiary/aromatic N) is 1. The van der Waals surface area contributed by atoms with Crippen molar-refractivity contribution in [2.24, 2.45) is 5.92 Å². The third-order valence-corrected chi connectivity index (χ3v) is 5.24. The van der Waals surface area contributed by atoms with Gasteiger partial charge in [-0.3, -0.25) is 0 Å². The molecule has 3 nitrogen and oxygen atoms in total. The molecule has 2 aromatic heterocycles. The molecule has 2 N–H and O–H groups in total. The van der Waals surface area contributed by atoms with E-state index in [-0.39, 0.29) is 0 Å². The lowest BCUT2D eigenvalue weighted by molar-refractivity contribution is 0.479. The molecule has 0 amide bonds. The molecule has 0 radical (unpaired) electrons. The van der Waals surface area contributed by atoms with E-state index in [1.165, 1.54) is 34.3 Å². The van der Waals surface area contributed by atoms with Gasteiger partial charge in [-0.25, -0.2) is 4.98 Å². The summed E-state index contributed by atoms with van der Waals surface area (Å²) in [6.07, 6.45) is 4.66. The molecule has 0 bridgehead atoms. The van der Waals surface area contributed by atoms with E-state index in [1.54, 1.807) is 11.3 Å². The molecule has 1 aliphatic carbocycles. The topological polar surface area (TPSA) is 40.7 Å². The number of hydrogen-bond donors (Lipinski definition) is 2. The summed E-state index contributed by atoms with van der Waals surface area (Å²) in [6.45, 7) is 2.97. The number of rotatable bonds is 5. The van der Waals surface area contributed by atoms with Gasteiger partial charge in [-0.15, -0.1) is 11.3 Å². The lowest BCUT2D eigenvalue weighted by Gasteiger charge is -2.16. The first kappa shape index (κ1) is 13.0. The maximum absolute atomic E-state index is 4.69. The summed E-state index contributed by atoms with van der Waals surface area (Å²) < 4.78 is 0. The second kappa shape index (κ2) is 5.28. The van der Waals surface area contributed by atoms with Gasteiger partial charge in [-0.1, -0.05) is 12.1 Å². The highest BCUT2D eigenvalue weighted by molar-refractivity contribution is 7.09. The Bertz CT molecular complexity index is 754. The van der Waals surface area contributed by atoms with Gasteiger partial charge in [0.25, 0.3) is 0 Å². The van der Waals surface area contributed by atoms with Crippen LogP contribution in [0.5, 0.6) is 0 Å². The summed E-state index contributed by atoms with van der Waals surface area (Å²) in [5, 5.41) is 8.46. The van der Waals surface area contributed by atoms with Crippen molar-refractivity contribution >= 4 is 22.2 Å². The van der Waals surface area contributed by atoms with Crippen LogP contribution in [-0.2, 0) is 6.54 Å². The molecule has 21 heavy (non-hydrogen) atoms. The summed E-state index contributed by atoms with van der Waals surface area (Å²) in [6, 6.07) is 9.03. The van der Waals surface area contributed by atoms with Crippen molar-refractivity contribution in [1.29, 1.82) is 0 Å². The van der Waals surface area contributed by atoms with E-state index in [0.717, 1.165) is 18.2 Å². The lowest BCUT2D eigenvalue weighted by Crippen LogP contribution is -2.22. The van der Waals surface area contributed by atoms with Crippen molar-refractivity contribution in [2.45, 2.75) is 32.4 Å². The van der Waals surface area contributed by atoms with E-state index in [2.05, 4.69) is 51.9 Å². The molecule has 1 aliphatic rings. The molecule has 1 saturated carbocycles. The Labute approximate surface area is 128 Å². The maximum atomic E-state index is 4.69. The standard InChI is InChI=1S/C17H19N3S/c1-11-10-21-17(20-11)16(12-5-6-12)19-9-13-3-2-4-15-14(13)7-8-18-15/h2-4,7-8,10,12,16,18-19H,5-6,9H2,1H3. The Morgan fingerprint density at radius 1 is 1.38 bits per heavy atom. The average molecular weight is 297 g/mol. The van der Waals surface area contributed by atoms with Crippen LogP contribution >= 0.6 is 11.3 Å². The lowest BCUT2D eigenvalue weighted by atomic mass is 10.1. The monoisotopic (exact) mass is 297 g/mol. The van der Waals surface area contributed by atoms with Crippen molar-refractivity contribution in [2.75, 3.05) is 0 Å². The fourth-order valence-electron chi connectivity index (χ4n) is 2.92. The van der Waals surface area contributed by atoms with Crippen molar-refractivity contribution in [1.82, 2.24) is 15.3 Å². The molecular formula is C17H19N3S. The van der Waals surface area contributed by atoms with Crippen molar-refractivity contribution in [3.63, 3.8) is 0 Å². The van der Waals surface area contributed by atoms with E-state index in [1.807, 2.05) is 6.20 Å². The molecule has 1 aromatic carbocycles. The number of aromatic nitrogens is 2. The summed E-state index contributed by atoms with van der Waals surface area (Å²) in [7, 11) is 0. The number of hydrogen-bond acceptors (Lipinski definition) is 3. The highest BCUT2D eigenvalue weighted by atomic mass is 32.1. The Morgan fingerprint density at radius 3 is 3.05 bits per heavy atom. The van der Waals surface area contributed by atoms with Crippen LogP contribution in [0.15, 0.2) is 35.8 Å². The van der Waals surface area contributed by atoms with E-state index in [4.69, 9.17) is 0 Å². The normalized spacial score (nSPS) is 16.4. The summed E-state index contributed by atoms with van der Waals surface area (Å²) in [4.78, 5) is 7.97. The quantitative estimate of drug-likeness (QED) is 0.742. The van der Waals surface area contributed by atoms with E-state index in [9.17, 15) is 0 Å². The first-order valence-electron chi connectivity index (χ1n) is 7.51. The number of aromatic amines is 1. The molecule has 3 aromatic rings. The van der Waals surface area contributed by atoms with Crippen molar-refractivity contribution in [3.05, 3.63) is 52.1 Å². The van der Waals surface area contributed by atoms with Gasteiger partial charge in [0.2, 0.25) is 0 Å². The predicted molar refractivity (Wildman–Crippen MR) is 87.5 cm³/mol. The Hall–Kier alpha value is -1.65. The Morgan fingerprint density at radius 2 is 2.29 bits per heavy atom. The van der Waals surface area contributed by atoms with Crippen LogP contribution in [0.2, 0.25) is 0 Å². The molecule has 1 atom stereocenters. The van der Waals surface area contributed by atoms with Crippen LogP contribution in [0.3, 0.4) is 0 Å². The van der Waals surface area contributed by atoms with Crippen LogP contribution in [0.25, 0.3) is 10.9 Å². The van der Waals surface area contributed by atoms with Gasteiger partial charge in [0, 0.05) is 34.7 Å². The van der Waals surface area contributed by atoms with Crippen LogP contribution in [0.1, 0.15) is 35.1 Å². The van der Waals surface area contributed by atoms with Crippen LogP contribution < -0.4 is 5.32 Å². The van der Waals surface area contributed by atoms with Gasteiger partial charge in [0.1, 0.15) is 5.01 Å². The number of aryl methyl sites for hydroxylation is 1. The molecule has 2 heterocycles. The first-order valence-corrected chi connectivity index (χ1v) is 8.39. The minimum Gasteiger partial charge on any atom is -0.361 e. The van der Waals surface area contributed by atoms with Gasteiger partial charge in [-0.2, -0.15) is 0 Å². The third-order valence-electron chi connectivity index (χ3n) is 4.19. The molecule has 1 unspecified atom stereocenters. The van der Waals surface area contributed by atoms with E-state index >= 15 is 0 Å². The third kappa shape index (κ3) is 2.61. The molecule has 4 heteroatoms. The fourth-order valence-corrected chi connectivity index (χ4v) is 3.89. The van der Waals surface area contributed by atoms with Crippen molar-refractivity contribution < 1.29 is 0 Å². The first-order chi connectivity index (χ1) is 10.3. The molecule has 108 valence electrons. The van der Waals surface area contributed by atoms with E-state index < -0.39 is 0 Å². The number of H-pyrrole nitrogens is 1.